The van der Waals surface area contributed by atoms with Crippen LogP contribution in [-0.2, 0) is 15.9 Å². The zero-order chi connectivity index (χ0) is 25.4. The fraction of sp³-hybridized carbons (Fsp3) is 0.400. The van der Waals surface area contributed by atoms with Crippen LogP contribution in [0.3, 0.4) is 0 Å². The number of benzene rings is 1. The lowest BCUT2D eigenvalue weighted by Crippen LogP contribution is -2.40. The summed E-state index contributed by atoms with van der Waals surface area (Å²) in [5, 5.41) is 0.496. The summed E-state index contributed by atoms with van der Waals surface area (Å²) in [4.78, 5) is 37.2. The van der Waals surface area contributed by atoms with Gasteiger partial charge in [0, 0.05) is 61.8 Å². The van der Waals surface area contributed by atoms with Crippen molar-refractivity contribution < 1.29 is 14.3 Å². The van der Waals surface area contributed by atoms with Crippen LogP contribution in [0.2, 0.25) is 5.02 Å². The van der Waals surface area contributed by atoms with Crippen LogP contribution >= 0.6 is 11.6 Å². The molecule has 192 valence electrons. The molecule has 1 amide bonds. The Hall–Kier alpha value is -3.54. The first kappa shape index (κ1) is 23.8. The van der Waals surface area contributed by atoms with Gasteiger partial charge in [0.05, 0.1) is 42.8 Å². The summed E-state index contributed by atoms with van der Waals surface area (Å²) in [5.74, 6) is 1.58. The molecule has 2 aromatic heterocycles. The van der Waals surface area contributed by atoms with Gasteiger partial charge in [-0.3, -0.25) is 4.79 Å². The monoisotopic (exact) mass is 522 g/mol. The zero-order valence-corrected chi connectivity index (χ0v) is 21.0. The van der Waals surface area contributed by atoms with Crippen molar-refractivity contribution in [2.24, 2.45) is 0 Å². The Balaban J connectivity index is 1.37. The van der Waals surface area contributed by atoms with E-state index in [-0.39, 0.29) is 11.9 Å². The maximum Gasteiger partial charge on any atom is 0.254 e. The third-order valence-corrected chi connectivity index (χ3v) is 7.14. The normalized spacial score (nSPS) is 17.7. The highest BCUT2D eigenvalue weighted by Crippen LogP contribution is 2.41. The van der Waals surface area contributed by atoms with Gasteiger partial charge in [-0.2, -0.15) is 4.98 Å². The smallest absolute Gasteiger partial charge is 0.254 e. The third kappa shape index (κ3) is 4.65. The summed E-state index contributed by atoms with van der Waals surface area (Å²) >= 11 is 6.78. The van der Waals surface area contributed by atoms with Crippen LogP contribution in [0, 0.1) is 0 Å². The SMILES string of the molecule is Nc1ncc(-c2nc(N3CCOCC3)nc3c2CCN3c2ccc(C(=O)N3CCOCC3)cc2Cl)cn1. The molecule has 3 aliphatic heterocycles. The van der Waals surface area contributed by atoms with Crippen molar-refractivity contribution in [1.82, 2.24) is 24.8 Å². The van der Waals surface area contributed by atoms with Crippen molar-refractivity contribution in [3.63, 3.8) is 0 Å². The van der Waals surface area contributed by atoms with E-state index in [0.717, 1.165) is 34.7 Å². The van der Waals surface area contributed by atoms with Crippen LogP contribution in [0.25, 0.3) is 11.3 Å². The average molecular weight is 523 g/mol. The highest BCUT2D eigenvalue weighted by molar-refractivity contribution is 6.33. The number of hydrogen-bond donors (Lipinski definition) is 1. The van der Waals surface area contributed by atoms with Crippen LogP contribution in [-0.4, -0.2) is 89.9 Å². The van der Waals surface area contributed by atoms with Crippen molar-refractivity contribution in [3.8, 4) is 11.3 Å². The molecule has 3 aromatic rings. The maximum absolute atomic E-state index is 13.0. The number of hydrogen-bond acceptors (Lipinski definition) is 10. The molecule has 0 spiro atoms. The van der Waals surface area contributed by atoms with Crippen molar-refractivity contribution >= 4 is 40.9 Å². The van der Waals surface area contributed by atoms with Gasteiger partial charge in [0.2, 0.25) is 11.9 Å². The molecule has 11 nitrogen and oxygen atoms in total. The van der Waals surface area contributed by atoms with Crippen molar-refractivity contribution in [2.45, 2.75) is 6.42 Å². The van der Waals surface area contributed by atoms with Gasteiger partial charge < -0.3 is 29.9 Å². The number of carbonyl (C=O) groups is 1. The Labute approximate surface area is 219 Å². The van der Waals surface area contributed by atoms with E-state index in [4.69, 9.17) is 36.8 Å². The number of morpholine rings is 2. The Morgan fingerprint density at radius 1 is 0.946 bits per heavy atom. The third-order valence-electron chi connectivity index (χ3n) is 6.84. The average Bonchev–Trinajstić information content (AvgIpc) is 3.37. The highest BCUT2D eigenvalue weighted by atomic mass is 35.5. The molecule has 2 N–H and O–H groups in total. The molecule has 5 heterocycles. The molecule has 3 aliphatic rings. The number of ether oxygens (including phenoxy) is 2. The fourth-order valence-electron chi connectivity index (χ4n) is 4.89. The van der Waals surface area contributed by atoms with Gasteiger partial charge in [-0.15, -0.1) is 0 Å². The van der Waals surface area contributed by atoms with Crippen LogP contribution in [0.4, 0.5) is 23.4 Å². The highest BCUT2D eigenvalue weighted by Gasteiger charge is 2.31. The van der Waals surface area contributed by atoms with E-state index in [0.29, 0.717) is 75.7 Å². The number of fused-ring (bicyclic) bond motifs is 1. The predicted molar refractivity (Wildman–Crippen MR) is 139 cm³/mol. The van der Waals surface area contributed by atoms with E-state index in [1.165, 1.54) is 0 Å². The first-order valence-electron chi connectivity index (χ1n) is 12.3. The Bertz CT molecular complexity index is 1310. The fourth-order valence-corrected chi connectivity index (χ4v) is 5.17. The van der Waals surface area contributed by atoms with Gasteiger partial charge in [0.25, 0.3) is 5.91 Å². The lowest BCUT2D eigenvalue weighted by atomic mass is 10.1. The van der Waals surface area contributed by atoms with Gasteiger partial charge in [0.15, 0.2) is 0 Å². The molecule has 6 rings (SSSR count). The van der Waals surface area contributed by atoms with E-state index in [1.807, 2.05) is 12.1 Å². The first-order chi connectivity index (χ1) is 18.1. The second kappa shape index (κ2) is 10.1. The second-order valence-corrected chi connectivity index (χ2v) is 9.48. The largest absolute Gasteiger partial charge is 0.378 e. The van der Waals surface area contributed by atoms with E-state index in [1.54, 1.807) is 23.4 Å². The molecule has 2 saturated heterocycles. The van der Waals surface area contributed by atoms with Crippen LogP contribution in [0.5, 0.6) is 0 Å². The van der Waals surface area contributed by atoms with Crippen molar-refractivity contribution in [3.05, 3.63) is 46.7 Å². The number of amides is 1. The molecule has 0 radical (unpaired) electrons. The molecule has 0 atom stereocenters. The number of anilines is 4. The lowest BCUT2D eigenvalue weighted by Gasteiger charge is -2.29. The molecule has 0 bridgehead atoms. The molecular weight excluding hydrogens is 496 g/mol. The quantitative estimate of drug-likeness (QED) is 0.545. The number of nitrogens with zero attached hydrogens (tertiary/aromatic N) is 7. The Morgan fingerprint density at radius 2 is 1.65 bits per heavy atom. The maximum atomic E-state index is 13.0. The van der Waals surface area contributed by atoms with E-state index in [2.05, 4.69) is 19.8 Å². The number of nitrogens with two attached hydrogens (primary N) is 1. The minimum atomic E-state index is -0.0406. The van der Waals surface area contributed by atoms with Gasteiger partial charge in [-0.1, -0.05) is 11.6 Å². The molecular formula is C25H27ClN8O3. The van der Waals surface area contributed by atoms with E-state index < -0.39 is 0 Å². The van der Waals surface area contributed by atoms with Crippen molar-refractivity contribution in [2.75, 3.05) is 74.7 Å². The summed E-state index contributed by atoms with van der Waals surface area (Å²) < 4.78 is 10.9. The summed E-state index contributed by atoms with van der Waals surface area (Å²) in [5.41, 5.74) is 9.64. The summed E-state index contributed by atoms with van der Waals surface area (Å²) in [7, 11) is 0. The minimum absolute atomic E-state index is 0.0406. The Morgan fingerprint density at radius 3 is 2.35 bits per heavy atom. The van der Waals surface area contributed by atoms with E-state index >= 15 is 0 Å². The van der Waals surface area contributed by atoms with Gasteiger partial charge >= 0.3 is 0 Å². The number of halogens is 1. The summed E-state index contributed by atoms with van der Waals surface area (Å²) in [6, 6.07) is 5.47. The summed E-state index contributed by atoms with van der Waals surface area (Å²) in [6.45, 7) is 5.58. The van der Waals surface area contributed by atoms with Gasteiger partial charge in [-0.25, -0.2) is 15.0 Å². The topological polar surface area (TPSA) is 123 Å². The van der Waals surface area contributed by atoms with Crippen LogP contribution < -0.4 is 15.5 Å². The molecule has 0 aliphatic carbocycles. The standard InChI is InChI=1S/C25H27ClN8O3/c26-19-13-16(23(35)32-5-9-36-10-6-32)1-2-20(19)34-4-3-18-21(17-14-28-24(27)29-15-17)30-25(31-22(18)34)33-7-11-37-12-8-33/h1-2,13-15H,3-12H2,(H2,27,28,29). The number of nitrogen functional groups attached to an aromatic ring is 1. The first-order valence-corrected chi connectivity index (χ1v) is 12.7. The molecule has 0 unspecified atom stereocenters. The molecule has 0 saturated carbocycles. The predicted octanol–water partition coefficient (Wildman–Crippen LogP) is 2.17. The second-order valence-electron chi connectivity index (χ2n) is 9.08. The van der Waals surface area contributed by atoms with Crippen LogP contribution in [0.15, 0.2) is 30.6 Å². The number of rotatable bonds is 4. The molecule has 2 fully saturated rings. The molecule has 1 aromatic carbocycles. The zero-order valence-electron chi connectivity index (χ0n) is 20.3. The van der Waals surface area contributed by atoms with E-state index in [9.17, 15) is 4.79 Å². The molecule has 12 heteroatoms. The van der Waals surface area contributed by atoms with Gasteiger partial charge in [0.1, 0.15) is 5.82 Å². The lowest BCUT2D eigenvalue weighted by molar-refractivity contribution is 0.0303. The van der Waals surface area contributed by atoms with Crippen LogP contribution in [0.1, 0.15) is 15.9 Å². The molecule has 37 heavy (non-hydrogen) atoms. The minimum Gasteiger partial charge on any atom is -0.378 e. The van der Waals surface area contributed by atoms with Crippen molar-refractivity contribution in [1.29, 1.82) is 0 Å². The Kier molecular flexibility index (Phi) is 6.49. The van der Waals surface area contributed by atoms with Gasteiger partial charge in [-0.05, 0) is 24.6 Å². The number of aromatic nitrogens is 4. The summed E-state index contributed by atoms with van der Waals surface area (Å²) in [6.07, 6.45) is 4.11. The number of carbonyl (C=O) groups excluding carboxylic acids is 1.